The van der Waals surface area contributed by atoms with E-state index in [9.17, 15) is 15.4 Å². The molecule has 0 aliphatic rings. The highest BCUT2D eigenvalue weighted by Crippen LogP contribution is 2.37. The van der Waals surface area contributed by atoms with Crippen LogP contribution in [0.4, 0.5) is 5.69 Å². The van der Waals surface area contributed by atoms with Gasteiger partial charge in [-0.1, -0.05) is 54.1 Å². The molecule has 0 N–H and O–H groups in total. The SMILES string of the molecule is COc1cc(C=C(C#N)c2ccc(Cl)cc2)c([N+](=O)[O-])cc1OCc1ccccc1. The van der Waals surface area contributed by atoms with Crippen LogP contribution < -0.4 is 9.47 Å². The van der Waals surface area contributed by atoms with Crippen molar-refractivity contribution in [1.82, 2.24) is 0 Å². The first-order chi connectivity index (χ1) is 14.5. The van der Waals surface area contributed by atoms with Crippen molar-refractivity contribution in [2.75, 3.05) is 7.11 Å². The monoisotopic (exact) mass is 420 g/mol. The average Bonchev–Trinajstić information content (AvgIpc) is 2.77. The summed E-state index contributed by atoms with van der Waals surface area (Å²) >= 11 is 5.90. The van der Waals surface area contributed by atoms with Crippen LogP contribution >= 0.6 is 11.6 Å². The third-order valence-corrected chi connectivity index (χ3v) is 4.57. The molecule has 6 nitrogen and oxygen atoms in total. The van der Waals surface area contributed by atoms with Gasteiger partial charge in [0.15, 0.2) is 11.5 Å². The maximum absolute atomic E-state index is 11.7. The number of benzene rings is 3. The molecule has 0 saturated heterocycles. The van der Waals surface area contributed by atoms with Gasteiger partial charge in [-0.05, 0) is 35.4 Å². The molecule has 3 rings (SSSR count). The van der Waals surface area contributed by atoms with Crippen LogP contribution in [0, 0.1) is 21.4 Å². The molecule has 0 bridgehead atoms. The molecule has 0 aromatic heterocycles. The van der Waals surface area contributed by atoms with E-state index >= 15 is 0 Å². The average molecular weight is 421 g/mol. The first kappa shape index (κ1) is 20.9. The summed E-state index contributed by atoms with van der Waals surface area (Å²) in [6.45, 7) is 0.234. The topological polar surface area (TPSA) is 85.4 Å². The number of halogens is 1. The minimum absolute atomic E-state index is 0.194. The lowest BCUT2D eigenvalue weighted by Gasteiger charge is -2.12. The molecule has 0 aliphatic heterocycles. The number of nitriles is 1. The first-order valence-electron chi connectivity index (χ1n) is 8.92. The largest absolute Gasteiger partial charge is 0.493 e. The van der Waals surface area contributed by atoms with E-state index in [1.807, 2.05) is 30.3 Å². The second-order valence-electron chi connectivity index (χ2n) is 6.27. The predicted molar refractivity (Wildman–Crippen MR) is 115 cm³/mol. The van der Waals surface area contributed by atoms with Crippen LogP contribution in [-0.2, 0) is 6.61 Å². The van der Waals surface area contributed by atoms with Gasteiger partial charge in [0.1, 0.15) is 6.61 Å². The quantitative estimate of drug-likeness (QED) is 0.205. The number of nitrogens with zero attached hydrogens (tertiary/aromatic N) is 2. The van der Waals surface area contributed by atoms with Crippen molar-refractivity contribution in [3.05, 3.63) is 98.6 Å². The van der Waals surface area contributed by atoms with Crippen LogP contribution in [-0.4, -0.2) is 12.0 Å². The van der Waals surface area contributed by atoms with E-state index in [1.165, 1.54) is 25.3 Å². The highest BCUT2D eigenvalue weighted by molar-refractivity contribution is 6.30. The second-order valence-corrected chi connectivity index (χ2v) is 6.71. The van der Waals surface area contributed by atoms with Crippen molar-refractivity contribution in [2.24, 2.45) is 0 Å². The van der Waals surface area contributed by atoms with Crippen molar-refractivity contribution >= 4 is 28.9 Å². The minimum Gasteiger partial charge on any atom is -0.493 e. The molecule has 30 heavy (non-hydrogen) atoms. The molecule has 7 heteroatoms. The van der Waals surface area contributed by atoms with E-state index in [0.717, 1.165) is 5.56 Å². The smallest absolute Gasteiger partial charge is 0.280 e. The summed E-state index contributed by atoms with van der Waals surface area (Å²) in [6.07, 6.45) is 1.45. The van der Waals surface area contributed by atoms with Gasteiger partial charge in [-0.25, -0.2) is 0 Å². The van der Waals surface area contributed by atoms with Crippen molar-refractivity contribution in [1.29, 1.82) is 5.26 Å². The Morgan fingerprint density at radius 1 is 1.13 bits per heavy atom. The Bertz CT molecular complexity index is 1120. The van der Waals surface area contributed by atoms with Crippen molar-refractivity contribution in [3.63, 3.8) is 0 Å². The Labute approximate surface area is 178 Å². The summed E-state index contributed by atoms with van der Waals surface area (Å²) in [7, 11) is 1.45. The molecule has 3 aromatic rings. The Hall–Kier alpha value is -3.82. The number of hydrogen-bond donors (Lipinski definition) is 0. The Morgan fingerprint density at radius 3 is 2.43 bits per heavy atom. The molecule has 0 spiro atoms. The summed E-state index contributed by atoms with van der Waals surface area (Å²) in [6, 6.07) is 21.0. The summed E-state index contributed by atoms with van der Waals surface area (Å²) in [4.78, 5) is 11.2. The summed E-state index contributed by atoms with van der Waals surface area (Å²) in [5.74, 6) is 0.575. The molecular weight excluding hydrogens is 404 g/mol. The standard InChI is InChI=1S/C23H17ClN2O4/c1-29-22-12-18(11-19(14-25)17-7-9-20(24)10-8-17)21(26(27)28)13-23(22)30-15-16-5-3-2-4-6-16/h2-13H,15H2,1H3. The number of rotatable bonds is 7. The summed E-state index contributed by atoms with van der Waals surface area (Å²) in [5, 5.41) is 21.8. The van der Waals surface area contributed by atoms with Crippen LogP contribution in [0.3, 0.4) is 0 Å². The van der Waals surface area contributed by atoms with E-state index in [0.29, 0.717) is 16.3 Å². The van der Waals surface area contributed by atoms with Gasteiger partial charge in [0.05, 0.1) is 35.3 Å². The molecule has 0 radical (unpaired) electrons. The zero-order valence-electron chi connectivity index (χ0n) is 16.0. The number of nitro groups is 1. The van der Waals surface area contributed by atoms with Gasteiger partial charge in [-0.2, -0.15) is 5.26 Å². The summed E-state index contributed by atoms with van der Waals surface area (Å²) < 4.78 is 11.1. The molecule has 3 aromatic carbocycles. The lowest BCUT2D eigenvalue weighted by Crippen LogP contribution is -2.00. The molecule has 0 unspecified atom stereocenters. The number of methoxy groups -OCH3 is 1. The van der Waals surface area contributed by atoms with Crippen molar-refractivity contribution in [3.8, 4) is 17.6 Å². The Morgan fingerprint density at radius 2 is 1.83 bits per heavy atom. The first-order valence-corrected chi connectivity index (χ1v) is 9.30. The third-order valence-electron chi connectivity index (χ3n) is 4.32. The van der Waals surface area contributed by atoms with Crippen LogP contribution in [0.15, 0.2) is 66.7 Å². The molecule has 0 amide bonds. The molecule has 0 aliphatic carbocycles. The fraction of sp³-hybridized carbons (Fsp3) is 0.0870. The van der Waals surface area contributed by atoms with E-state index in [2.05, 4.69) is 6.07 Å². The van der Waals surface area contributed by atoms with Gasteiger partial charge >= 0.3 is 0 Å². The fourth-order valence-electron chi connectivity index (χ4n) is 2.81. The predicted octanol–water partition coefficient (Wildman–Crippen LogP) is 5.90. The zero-order chi connectivity index (χ0) is 21.5. The lowest BCUT2D eigenvalue weighted by atomic mass is 10.0. The van der Waals surface area contributed by atoms with Gasteiger partial charge in [0.25, 0.3) is 5.69 Å². The van der Waals surface area contributed by atoms with Gasteiger partial charge in [0, 0.05) is 5.02 Å². The maximum atomic E-state index is 11.7. The number of hydrogen-bond acceptors (Lipinski definition) is 5. The third kappa shape index (κ3) is 4.96. The number of allylic oxidation sites excluding steroid dienone is 1. The minimum atomic E-state index is -0.516. The number of ether oxygens (including phenoxy) is 2. The van der Waals surface area contributed by atoms with Crippen LogP contribution in [0.2, 0.25) is 5.02 Å². The summed E-state index contributed by atoms with van der Waals surface area (Å²) in [5.41, 5.74) is 1.81. The number of nitro benzene ring substituents is 1. The molecule has 0 atom stereocenters. The molecule has 0 heterocycles. The second kappa shape index (κ2) is 9.59. The molecule has 0 fully saturated rings. The van der Waals surface area contributed by atoms with Crippen LogP contribution in [0.25, 0.3) is 11.6 Å². The molecular formula is C23H17ClN2O4. The Kier molecular flexibility index (Phi) is 6.68. The Balaban J connectivity index is 2.01. The van der Waals surface area contributed by atoms with Gasteiger partial charge in [-0.15, -0.1) is 0 Å². The highest BCUT2D eigenvalue weighted by atomic mass is 35.5. The van der Waals surface area contributed by atoms with Gasteiger partial charge in [0.2, 0.25) is 0 Å². The zero-order valence-corrected chi connectivity index (χ0v) is 16.8. The van der Waals surface area contributed by atoms with Gasteiger partial charge < -0.3 is 9.47 Å². The fourth-order valence-corrected chi connectivity index (χ4v) is 2.94. The molecule has 150 valence electrons. The van der Waals surface area contributed by atoms with E-state index in [-0.39, 0.29) is 29.2 Å². The normalized spacial score (nSPS) is 10.9. The van der Waals surface area contributed by atoms with Crippen LogP contribution in [0.5, 0.6) is 11.5 Å². The molecule has 0 saturated carbocycles. The van der Waals surface area contributed by atoms with E-state index < -0.39 is 4.92 Å². The maximum Gasteiger partial charge on any atom is 0.280 e. The van der Waals surface area contributed by atoms with Crippen LogP contribution in [0.1, 0.15) is 16.7 Å². The van der Waals surface area contributed by atoms with Gasteiger partial charge in [-0.3, -0.25) is 10.1 Å². The van der Waals surface area contributed by atoms with E-state index in [1.54, 1.807) is 24.3 Å². The van der Waals surface area contributed by atoms with Crippen molar-refractivity contribution < 1.29 is 14.4 Å². The highest BCUT2D eigenvalue weighted by Gasteiger charge is 2.19. The van der Waals surface area contributed by atoms with E-state index in [4.69, 9.17) is 21.1 Å². The lowest BCUT2D eigenvalue weighted by molar-refractivity contribution is -0.385. The van der Waals surface area contributed by atoms with Crippen molar-refractivity contribution in [2.45, 2.75) is 6.61 Å².